The van der Waals surface area contributed by atoms with Crippen LogP contribution in [0.1, 0.15) is 29.2 Å². The zero-order valence-corrected chi connectivity index (χ0v) is 20.7. The third-order valence-electron chi connectivity index (χ3n) is 5.97. The number of carbonyl (C=O) groups is 1. The summed E-state index contributed by atoms with van der Waals surface area (Å²) in [7, 11) is 0. The van der Waals surface area contributed by atoms with E-state index in [2.05, 4.69) is 23.5 Å². The maximum absolute atomic E-state index is 12.7. The van der Waals surface area contributed by atoms with Gasteiger partial charge in [0.05, 0.1) is 6.61 Å². The van der Waals surface area contributed by atoms with Crippen molar-refractivity contribution in [3.63, 3.8) is 0 Å². The molecule has 0 spiro atoms. The maximum atomic E-state index is 12.7. The number of nitrogens with zero attached hydrogens (tertiary/aromatic N) is 1. The number of carbonyl (C=O) groups excluding carboxylic acids is 1. The molecule has 0 aliphatic rings. The Hall–Kier alpha value is -4.56. The second-order valence-electron chi connectivity index (χ2n) is 8.49. The van der Waals surface area contributed by atoms with Gasteiger partial charge in [-0.3, -0.25) is 4.79 Å². The van der Waals surface area contributed by atoms with Crippen LogP contribution in [-0.4, -0.2) is 12.5 Å². The molecule has 5 heteroatoms. The van der Waals surface area contributed by atoms with Crippen LogP contribution in [0, 0.1) is 25.2 Å². The van der Waals surface area contributed by atoms with Crippen molar-refractivity contribution in [1.82, 2.24) is 0 Å². The van der Waals surface area contributed by atoms with Crippen LogP contribution in [0.3, 0.4) is 0 Å². The van der Waals surface area contributed by atoms with Gasteiger partial charge in [0, 0.05) is 5.69 Å². The topological polar surface area (TPSA) is 71.3 Å². The molecular formula is C31H28N2O3. The van der Waals surface area contributed by atoms with Gasteiger partial charge in [0.1, 0.15) is 18.2 Å². The van der Waals surface area contributed by atoms with E-state index in [0.29, 0.717) is 36.0 Å². The smallest absolute Gasteiger partial charge is 0.266 e. The van der Waals surface area contributed by atoms with Crippen molar-refractivity contribution >= 4 is 28.4 Å². The molecule has 4 rings (SSSR count). The lowest BCUT2D eigenvalue weighted by molar-refractivity contribution is -0.112. The Morgan fingerprint density at radius 1 is 0.917 bits per heavy atom. The van der Waals surface area contributed by atoms with Gasteiger partial charge in [-0.1, -0.05) is 54.6 Å². The van der Waals surface area contributed by atoms with Crippen molar-refractivity contribution in [2.45, 2.75) is 27.4 Å². The molecule has 0 unspecified atom stereocenters. The van der Waals surface area contributed by atoms with Gasteiger partial charge >= 0.3 is 0 Å². The third kappa shape index (κ3) is 5.73. The number of fused-ring (bicyclic) bond motifs is 1. The Labute approximate surface area is 211 Å². The molecule has 0 atom stereocenters. The molecule has 0 bridgehead atoms. The molecule has 0 aliphatic carbocycles. The lowest BCUT2D eigenvalue weighted by Gasteiger charge is -2.14. The number of aryl methyl sites for hydroxylation is 2. The molecule has 1 amide bonds. The Bertz CT molecular complexity index is 1480. The predicted octanol–water partition coefficient (Wildman–Crippen LogP) is 6.98. The van der Waals surface area contributed by atoms with Crippen LogP contribution in [0.5, 0.6) is 11.5 Å². The predicted molar refractivity (Wildman–Crippen MR) is 144 cm³/mol. The number of anilines is 1. The second kappa shape index (κ2) is 11.2. The standard InChI is InChI=1S/C31H28N2O3/c1-4-35-30-18-23(17-26(19-32)31(34)33-27-14-12-21(2)22(3)16-27)13-15-29(30)36-20-25-10-7-9-24-8-5-6-11-28(24)25/h5-18H,4,20H2,1-3H3,(H,33,34)/b26-17+. The molecule has 180 valence electrons. The first-order valence-corrected chi connectivity index (χ1v) is 11.8. The average molecular weight is 477 g/mol. The molecule has 4 aromatic carbocycles. The molecule has 0 saturated carbocycles. The van der Waals surface area contributed by atoms with Gasteiger partial charge in [-0.05, 0) is 84.1 Å². The molecule has 0 saturated heterocycles. The average Bonchev–Trinajstić information content (AvgIpc) is 2.89. The first-order chi connectivity index (χ1) is 17.5. The molecule has 0 fully saturated rings. The van der Waals surface area contributed by atoms with Gasteiger partial charge in [-0.15, -0.1) is 0 Å². The van der Waals surface area contributed by atoms with E-state index in [1.165, 1.54) is 0 Å². The SMILES string of the molecule is CCOc1cc(/C=C(\C#N)C(=O)Nc2ccc(C)c(C)c2)ccc1OCc1cccc2ccccc12. The van der Waals surface area contributed by atoms with E-state index in [-0.39, 0.29) is 5.57 Å². The van der Waals surface area contributed by atoms with Crippen molar-refractivity contribution in [2.75, 3.05) is 11.9 Å². The number of benzene rings is 4. The van der Waals surface area contributed by atoms with Crippen LogP contribution >= 0.6 is 0 Å². The molecule has 0 aromatic heterocycles. The lowest BCUT2D eigenvalue weighted by Crippen LogP contribution is -2.13. The number of hydrogen-bond acceptors (Lipinski definition) is 4. The molecule has 36 heavy (non-hydrogen) atoms. The van der Waals surface area contributed by atoms with E-state index < -0.39 is 5.91 Å². The van der Waals surface area contributed by atoms with Crippen molar-refractivity contribution in [3.05, 3.63) is 107 Å². The van der Waals surface area contributed by atoms with E-state index in [1.807, 2.05) is 75.4 Å². The summed E-state index contributed by atoms with van der Waals surface area (Å²) < 4.78 is 11.9. The fraction of sp³-hybridized carbons (Fsp3) is 0.161. The summed E-state index contributed by atoms with van der Waals surface area (Å²) in [6.45, 7) is 6.72. The molecule has 0 aliphatic heterocycles. The van der Waals surface area contributed by atoms with Crippen LogP contribution in [0.4, 0.5) is 5.69 Å². The monoisotopic (exact) mass is 476 g/mol. The number of ether oxygens (including phenoxy) is 2. The zero-order valence-electron chi connectivity index (χ0n) is 20.7. The second-order valence-corrected chi connectivity index (χ2v) is 8.49. The van der Waals surface area contributed by atoms with E-state index in [1.54, 1.807) is 18.2 Å². The van der Waals surface area contributed by atoms with Gasteiger partial charge in [0.2, 0.25) is 0 Å². The summed E-state index contributed by atoms with van der Waals surface area (Å²) in [6, 6.07) is 27.4. The minimum atomic E-state index is -0.463. The normalized spacial score (nSPS) is 11.1. The Morgan fingerprint density at radius 3 is 2.50 bits per heavy atom. The third-order valence-corrected chi connectivity index (χ3v) is 5.97. The van der Waals surface area contributed by atoms with Crippen molar-refractivity contribution in [3.8, 4) is 17.6 Å². The quantitative estimate of drug-likeness (QED) is 0.220. The summed E-state index contributed by atoms with van der Waals surface area (Å²) >= 11 is 0. The number of rotatable bonds is 8. The Balaban J connectivity index is 1.54. The van der Waals surface area contributed by atoms with Crippen molar-refractivity contribution < 1.29 is 14.3 Å². The number of hydrogen-bond donors (Lipinski definition) is 1. The van der Waals surface area contributed by atoms with Crippen LogP contribution in [0.15, 0.2) is 84.4 Å². The zero-order chi connectivity index (χ0) is 25.5. The highest BCUT2D eigenvalue weighted by Crippen LogP contribution is 2.31. The van der Waals surface area contributed by atoms with Gasteiger partial charge in [0.25, 0.3) is 5.91 Å². The largest absolute Gasteiger partial charge is 0.490 e. The van der Waals surface area contributed by atoms with Crippen LogP contribution < -0.4 is 14.8 Å². The highest BCUT2D eigenvalue weighted by Gasteiger charge is 2.12. The van der Waals surface area contributed by atoms with Gasteiger partial charge in [0.15, 0.2) is 11.5 Å². The van der Waals surface area contributed by atoms with Crippen molar-refractivity contribution in [2.24, 2.45) is 0 Å². The van der Waals surface area contributed by atoms with Crippen LogP contribution in [-0.2, 0) is 11.4 Å². The number of nitrogens with one attached hydrogen (secondary N) is 1. The fourth-order valence-corrected chi connectivity index (χ4v) is 3.91. The molecular weight excluding hydrogens is 448 g/mol. The highest BCUT2D eigenvalue weighted by atomic mass is 16.5. The summed E-state index contributed by atoms with van der Waals surface area (Å²) in [5.74, 6) is 0.688. The number of amides is 1. The summed E-state index contributed by atoms with van der Waals surface area (Å²) in [5.41, 5.74) is 4.60. The van der Waals surface area contributed by atoms with E-state index in [0.717, 1.165) is 27.5 Å². The highest BCUT2D eigenvalue weighted by molar-refractivity contribution is 6.09. The number of nitriles is 1. The van der Waals surface area contributed by atoms with E-state index in [4.69, 9.17) is 9.47 Å². The first-order valence-electron chi connectivity index (χ1n) is 11.8. The molecule has 4 aromatic rings. The summed E-state index contributed by atoms with van der Waals surface area (Å²) in [6.07, 6.45) is 1.55. The lowest BCUT2D eigenvalue weighted by atomic mass is 10.1. The molecule has 1 N–H and O–H groups in total. The van der Waals surface area contributed by atoms with Crippen molar-refractivity contribution in [1.29, 1.82) is 5.26 Å². The van der Waals surface area contributed by atoms with Gasteiger partial charge in [-0.2, -0.15) is 5.26 Å². The molecule has 5 nitrogen and oxygen atoms in total. The molecule has 0 radical (unpaired) electrons. The Kier molecular flexibility index (Phi) is 7.67. The fourth-order valence-electron chi connectivity index (χ4n) is 3.91. The summed E-state index contributed by atoms with van der Waals surface area (Å²) in [5, 5.41) is 14.7. The first kappa shape index (κ1) is 24.6. The summed E-state index contributed by atoms with van der Waals surface area (Å²) in [4.78, 5) is 12.7. The van der Waals surface area contributed by atoms with Gasteiger partial charge in [-0.25, -0.2) is 0 Å². The van der Waals surface area contributed by atoms with E-state index in [9.17, 15) is 10.1 Å². The van der Waals surface area contributed by atoms with Crippen LogP contribution in [0.2, 0.25) is 0 Å². The minimum absolute atomic E-state index is 0.0000928. The minimum Gasteiger partial charge on any atom is -0.490 e. The maximum Gasteiger partial charge on any atom is 0.266 e. The molecule has 0 heterocycles. The van der Waals surface area contributed by atoms with E-state index >= 15 is 0 Å². The van der Waals surface area contributed by atoms with Crippen LogP contribution in [0.25, 0.3) is 16.8 Å². The van der Waals surface area contributed by atoms with Gasteiger partial charge < -0.3 is 14.8 Å². The Morgan fingerprint density at radius 2 is 1.72 bits per heavy atom.